The van der Waals surface area contributed by atoms with Crippen molar-refractivity contribution in [1.82, 2.24) is 14.9 Å². The molecule has 0 unspecified atom stereocenters. The molecule has 0 radical (unpaired) electrons. The summed E-state index contributed by atoms with van der Waals surface area (Å²) in [7, 11) is 1.62. The summed E-state index contributed by atoms with van der Waals surface area (Å²) in [6, 6.07) is 8.99. The molecule has 1 aliphatic heterocycles. The van der Waals surface area contributed by atoms with Gasteiger partial charge >= 0.3 is 0 Å². The lowest BCUT2D eigenvalue weighted by Crippen LogP contribution is -2.30. The zero-order valence-corrected chi connectivity index (χ0v) is 15.1. The fourth-order valence-electron chi connectivity index (χ4n) is 2.76. The maximum atomic E-state index is 12.3. The van der Waals surface area contributed by atoms with Crippen molar-refractivity contribution in [2.24, 2.45) is 0 Å². The number of carbonyl (C=O) groups is 1. The van der Waals surface area contributed by atoms with Gasteiger partial charge in [-0.05, 0) is 24.1 Å². The van der Waals surface area contributed by atoms with E-state index in [0.717, 1.165) is 28.6 Å². The minimum absolute atomic E-state index is 0.0688. The molecule has 1 aromatic heterocycles. The molecule has 1 amide bonds. The summed E-state index contributed by atoms with van der Waals surface area (Å²) >= 11 is 1.54. The minimum Gasteiger partial charge on any atom is -0.497 e. The van der Waals surface area contributed by atoms with Crippen molar-refractivity contribution in [3.8, 4) is 5.75 Å². The summed E-state index contributed by atoms with van der Waals surface area (Å²) in [5, 5.41) is 3.63. The predicted octanol–water partition coefficient (Wildman–Crippen LogP) is 2.17. The Bertz CT molecular complexity index is 817. The Hall–Kier alpha value is -2.28. The Morgan fingerprint density at radius 3 is 2.84 bits per heavy atom. The summed E-state index contributed by atoms with van der Waals surface area (Å²) in [5.74, 6) is 1.42. The minimum atomic E-state index is -0.137. The van der Waals surface area contributed by atoms with E-state index < -0.39 is 0 Å². The van der Waals surface area contributed by atoms with Crippen LogP contribution in [-0.4, -0.2) is 28.3 Å². The van der Waals surface area contributed by atoms with Crippen molar-refractivity contribution in [2.45, 2.75) is 37.5 Å². The number of nitrogens with zero attached hydrogens (tertiary/aromatic N) is 2. The number of nitrogens with one attached hydrogen (secondary N) is 1. The lowest BCUT2D eigenvalue weighted by atomic mass is 10.2. The Labute approximate surface area is 150 Å². The molecule has 0 saturated carbocycles. The van der Waals surface area contributed by atoms with E-state index in [2.05, 4.69) is 10.3 Å². The van der Waals surface area contributed by atoms with E-state index in [1.807, 2.05) is 31.2 Å². The highest BCUT2D eigenvalue weighted by molar-refractivity contribution is 7.99. The third kappa shape index (κ3) is 4.04. The molecule has 25 heavy (non-hydrogen) atoms. The first-order chi connectivity index (χ1) is 12.1. The lowest BCUT2D eigenvalue weighted by Gasteiger charge is -2.13. The van der Waals surface area contributed by atoms with Crippen molar-refractivity contribution in [2.75, 3.05) is 12.9 Å². The second kappa shape index (κ2) is 7.74. The fourth-order valence-corrected chi connectivity index (χ4v) is 3.93. The Kier molecular flexibility index (Phi) is 5.43. The SMILES string of the molecule is CCc1cc(=O)n2c(n1)SC[C@@H]2CC(=O)NCc1ccc(OC)cc1. The molecule has 6 nitrogen and oxygen atoms in total. The van der Waals surface area contributed by atoms with Gasteiger partial charge in [0, 0.05) is 30.5 Å². The van der Waals surface area contributed by atoms with Gasteiger partial charge in [0.05, 0.1) is 13.2 Å². The van der Waals surface area contributed by atoms with Gasteiger partial charge in [-0.15, -0.1) is 0 Å². The number of hydrogen-bond donors (Lipinski definition) is 1. The number of aryl methyl sites for hydroxylation is 1. The molecular weight excluding hydrogens is 338 g/mol. The first kappa shape index (κ1) is 17.5. The second-order valence-electron chi connectivity index (χ2n) is 5.89. The van der Waals surface area contributed by atoms with Crippen LogP contribution in [0.25, 0.3) is 0 Å². The highest BCUT2D eigenvalue weighted by Crippen LogP contribution is 2.31. The van der Waals surface area contributed by atoms with Crippen molar-refractivity contribution < 1.29 is 9.53 Å². The Morgan fingerprint density at radius 2 is 2.16 bits per heavy atom. The number of thioether (sulfide) groups is 1. The number of rotatable bonds is 6. The van der Waals surface area contributed by atoms with Crippen LogP contribution < -0.4 is 15.6 Å². The summed E-state index contributed by atoms with van der Waals surface area (Å²) < 4.78 is 6.77. The topological polar surface area (TPSA) is 73.2 Å². The van der Waals surface area contributed by atoms with Crippen molar-refractivity contribution in [3.63, 3.8) is 0 Å². The predicted molar refractivity (Wildman–Crippen MR) is 97.1 cm³/mol. The molecule has 3 rings (SSSR count). The van der Waals surface area contributed by atoms with E-state index in [1.165, 1.54) is 11.8 Å². The monoisotopic (exact) mass is 359 g/mol. The number of fused-ring (bicyclic) bond motifs is 1. The number of benzene rings is 1. The molecule has 0 saturated heterocycles. The zero-order valence-electron chi connectivity index (χ0n) is 14.3. The highest BCUT2D eigenvalue weighted by Gasteiger charge is 2.27. The van der Waals surface area contributed by atoms with Crippen molar-refractivity contribution >= 4 is 17.7 Å². The van der Waals surface area contributed by atoms with Gasteiger partial charge < -0.3 is 10.1 Å². The third-order valence-electron chi connectivity index (χ3n) is 4.17. The largest absolute Gasteiger partial charge is 0.497 e. The summed E-state index contributed by atoms with van der Waals surface area (Å²) in [6.07, 6.45) is 1.01. The molecule has 0 aliphatic carbocycles. The highest BCUT2D eigenvalue weighted by atomic mass is 32.2. The van der Waals surface area contributed by atoms with Crippen LogP contribution in [0.15, 0.2) is 40.3 Å². The van der Waals surface area contributed by atoms with Gasteiger partial charge in [0.2, 0.25) is 5.91 Å². The molecule has 7 heteroatoms. The van der Waals surface area contributed by atoms with Crippen LogP contribution in [0.4, 0.5) is 0 Å². The van der Waals surface area contributed by atoms with Crippen molar-refractivity contribution in [3.05, 3.63) is 51.9 Å². The Morgan fingerprint density at radius 1 is 1.40 bits per heavy atom. The maximum absolute atomic E-state index is 12.3. The molecule has 0 fully saturated rings. The molecule has 1 atom stereocenters. The van der Waals surface area contributed by atoms with Crippen LogP contribution in [-0.2, 0) is 17.8 Å². The number of ether oxygens (including phenoxy) is 1. The molecule has 1 aromatic carbocycles. The van der Waals surface area contributed by atoms with Crippen LogP contribution in [0.5, 0.6) is 5.75 Å². The van der Waals surface area contributed by atoms with Crippen LogP contribution in [0, 0.1) is 0 Å². The third-order valence-corrected chi connectivity index (χ3v) is 5.27. The molecule has 2 aromatic rings. The van der Waals surface area contributed by atoms with Gasteiger partial charge in [-0.2, -0.15) is 0 Å². The Balaban J connectivity index is 1.60. The van der Waals surface area contributed by atoms with E-state index >= 15 is 0 Å². The molecule has 1 N–H and O–H groups in total. The number of carbonyl (C=O) groups excluding carboxylic acids is 1. The maximum Gasteiger partial charge on any atom is 0.254 e. The standard InChI is InChI=1S/C18H21N3O3S/c1-3-13-8-17(23)21-14(11-25-18(21)20-13)9-16(22)19-10-12-4-6-15(24-2)7-5-12/h4-8,14H,3,9-11H2,1-2H3,(H,19,22)/t14-/m0/s1. The smallest absolute Gasteiger partial charge is 0.254 e. The first-order valence-corrected chi connectivity index (χ1v) is 9.24. The van der Waals surface area contributed by atoms with E-state index in [4.69, 9.17) is 4.74 Å². The van der Waals surface area contributed by atoms with E-state index in [-0.39, 0.29) is 23.9 Å². The number of hydrogen-bond acceptors (Lipinski definition) is 5. The average molecular weight is 359 g/mol. The second-order valence-corrected chi connectivity index (χ2v) is 6.87. The van der Waals surface area contributed by atoms with E-state index in [9.17, 15) is 9.59 Å². The summed E-state index contributed by atoms with van der Waals surface area (Å²) in [6.45, 7) is 2.43. The van der Waals surface area contributed by atoms with Crippen LogP contribution in [0.1, 0.15) is 30.6 Å². The molecule has 2 heterocycles. The molecule has 132 valence electrons. The lowest BCUT2D eigenvalue weighted by molar-refractivity contribution is -0.121. The molecule has 1 aliphatic rings. The number of methoxy groups -OCH3 is 1. The van der Waals surface area contributed by atoms with E-state index in [1.54, 1.807) is 17.7 Å². The number of amides is 1. The van der Waals surface area contributed by atoms with Gasteiger partial charge in [0.15, 0.2) is 5.16 Å². The average Bonchev–Trinajstić information content (AvgIpc) is 3.03. The fraction of sp³-hybridized carbons (Fsp3) is 0.389. The van der Waals surface area contributed by atoms with Gasteiger partial charge in [-0.25, -0.2) is 4.98 Å². The number of aromatic nitrogens is 2. The van der Waals surface area contributed by atoms with Gasteiger partial charge in [0.1, 0.15) is 5.75 Å². The van der Waals surface area contributed by atoms with Gasteiger partial charge in [-0.3, -0.25) is 14.2 Å². The van der Waals surface area contributed by atoms with E-state index in [0.29, 0.717) is 12.3 Å². The van der Waals surface area contributed by atoms with Gasteiger partial charge in [0.25, 0.3) is 5.56 Å². The van der Waals surface area contributed by atoms with Crippen LogP contribution in [0.2, 0.25) is 0 Å². The van der Waals surface area contributed by atoms with Crippen LogP contribution in [0.3, 0.4) is 0 Å². The molecule has 0 bridgehead atoms. The summed E-state index contributed by atoms with van der Waals surface area (Å²) in [5.41, 5.74) is 1.73. The quantitative estimate of drug-likeness (QED) is 0.800. The normalized spacial score (nSPS) is 15.7. The molecular formula is C18H21N3O3S. The molecule has 0 spiro atoms. The first-order valence-electron chi connectivity index (χ1n) is 8.25. The van der Waals surface area contributed by atoms with Gasteiger partial charge in [-0.1, -0.05) is 30.8 Å². The van der Waals surface area contributed by atoms with Crippen molar-refractivity contribution in [1.29, 1.82) is 0 Å². The summed E-state index contributed by atoms with van der Waals surface area (Å²) in [4.78, 5) is 29.0. The van der Waals surface area contributed by atoms with Crippen LogP contribution >= 0.6 is 11.8 Å². The zero-order chi connectivity index (χ0) is 17.8.